The van der Waals surface area contributed by atoms with Crippen molar-refractivity contribution in [3.05, 3.63) is 83.9 Å². The molecule has 12 heteroatoms. The summed E-state index contributed by atoms with van der Waals surface area (Å²) in [5.74, 6) is -0.370. The van der Waals surface area contributed by atoms with Crippen molar-refractivity contribution in [3.8, 4) is 5.69 Å². The summed E-state index contributed by atoms with van der Waals surface area (Å²) in [4.78, 5) is 5.67. The fourth-order valence-electron chi connectivity index (χ4n) is 4.82. The van der Waals surface area contributed by atoms with Crippen LogP contribution in [0.2, 0.25) is 0 Å². The Bertz CT molecular complexity index is 1540. The number of rotatable bonds is 6. The number of benzene rings is 2. The first-order chi connectivity index (χ1) is 18.0. The Morgan fingerprint density at radius 1 is 1.05 bits per heavy atom. The number of halogens is 4. The zero-order valence-corrected chi connectivity index (χ0v) is 21.3. The number of aryl methyl sites for hydroxylation is 1. The van der Waals surface area contributed by atoms with Crippen molar-refractivity contribution in [2.75, 3.05) is 26.2 Å². The van der Waals surface area contributed by atoms with Crippen molar-refractivity contribution in [1.29, 1.82) is 0 Å². The number of aromatic nitrogens is 3. The van der Waals surface area contributed by atoms with Crippen LogP contribution in [0, 0.1) is 12.7 Å². The average molecular weight is 548 g/mol. The third-order valence-corrected chi connectivity index (χ3v) is 8.55. The van der Waals surface area contributed by atoms with Crippen molar-refractivity contribution in [2.45, 2.75) is 30.6 Å². The highest BCUT2D eigenvalue weighted by Gasteiger charge is 2.38. The second-order valence-corrected chi connectivity index (χ2v) is 11.1. The largest absolute Gasteiger partial charge is 0.390 e. The lowest BCUT2D eigenvalue weighted by Gasteiger charge is -2.41. The van der Waals surface area contributed by atoms with Crippen LogP contribution in [0.15, 0.2) is 72.0 Å². The fourth-order valence-corrected chi connectivity index (χ4v) is 6.19. The topological polar surface area (TPSA) is 71.3 Å². The third kappa shape index (κ3) is 5.29. The van der Waals surface area contributed by atoms with Crippen LogP contribution in [0.25, 0.3) is 16.6 Å². The Balaban J connectivity index is 1.52. The molecule has 1 atom stereocenters. The summed E-state index contributed by atoms with van der Waals surface area (Å²) < 4.78 is 82.3. The smallest absolute Gasteiger partial charge is 0.293 e. The molecule has 0 spiro atoms. The van der Waals surface area contributed by atoms with Crippen molar-refractivity contribution in [2.24, 2.45) is 0 Å². The highest BCUT2D eigenvalue weighted by molar-refractivity contribution is 7.89. The summed E-state index contributed by atoms with van der Waals surface area (Å²) in [5, 5.41) is 5.05. The van der Waals surface area contributed by atoms with Crippen LogP contribution in [0.3, 0.4) is 0 Å². The van der Waals surface area contributed by atoms with Crippen LogP contribution < -0.4 is 0 Å². The number of pyridine rings is 1. The maximum Gasteiger partial charge on any atom is 0.390 e. The molecule has 1 aliphatic heterocycles. The Hall–Kier alpha value is -3.35. The first-order valence-corrected chi connectivity index (χ1v) is 13.4. The minimum atomic E-state index is -4.34. The lowest BCUT2D eigenvalue weighted by molar-refractivity contribution is -0.140. The van der Waals surface area contributed by atoms with Gasteiger partial charge in [0.1, 0.15) is 5.82 Å². The van der Waals surface area contributed by atoms with E-state index >= 15 is 0 Å². The summed E-state index contributed by atoms with van der Waals surface area (Å²) in [7, 11) is -3.93. The first-order valence-electron chi connectivity index (χ1n) is 12.0. The molecule has 7 nitrogen and oxygen atoms in total. The van der Waals surface area contributed by atoms with Gasteiger partial charge >= 0.3 is 6.18 Å². The standard InChI is InChI=1S/C26H25F4N5O2S/c1-18-14-23-19(16-32-35(23)21-7-5-20(27)6-8-21)15-22(18)24-17-34(13-12-33(24)11-9-26(28,29)30)38(36,37)25-4-2-3-10-31-25/h2-8,10,14-16,24H,9,11-13,17H2,1H3/t24-/m0/s1. The molecule has 0 bridgehead atoms. The molecular weight excluding hydrogens is 522 g/mol. The van der Waals surface area contributed by atoms with Gasteiger partial charge in [-0.15, -0.1) is 0 Å². The number of hydrogen-bond acceptors (Lipinski definition) is 5. The zero-order chi connectivity index (χ0) is 27.1. The molecular formula is C26H25F4N5O2S. The molecule has 5 rings (SSSR count). The van der Waals surface area contributed by atoms with E-state index in [-0.39, 0.29) is 37.0 Å². The Labute approximate surface area is 217 Å². The summed E-state index contributed by atoms with van der Waals surface area (Å²) in [6.07, 6.45) is -2.31. The minimum absolute atomic E-state index is 0.0186. The molecule has 0 amide bonds. The van der Waals surface area contributed by atoms with Crippen molar-refractivity contribution >= 4 is 20.9 Å². The van der Waals surface area contributed by atoms with E-state index in [9.17, 15) is 26.0 Å². The van der Waals surface area contributed by atoms with E-state index in [0.29, 0.717) is 5.69 Å². The van der Waals surface area contributed by atoms with E-state index in [2.05, 4.69) is 10.1 Å². The van der Waals surface area contributed by atoms with E-state index < -0.39 is 28.7 Å². The van der Waals surface area contributed by atoms with Crippen LogP contribution >= 0.6 is 0 Å². The quantitative estimate of drug-likeness (QED) is 0.322. The molecule has 1 aliphatic rings. The molecule has 0 aliphatic carbocycles. The highest BCUT2D eigenvalue weighted by Crippen LogP contribution is 2.34. The van der Waals surface area contributed by atoms with Gasteiger partial charge in [-0.1, -0.05) is 6.07 Å². The van der Waals surface area contributed by atoms with E-state index in [1.807, 2.05) is 19.1 Å². The second kappa shape index (κ2) is 10.1. The summed E-state index contributed by atoms with van der Waals surface area (Å²) in [6.45, 7) is 1.76. The predicted molar refractivity (Wildman–Crippen MR) is 134 cm³/mol. The zero-order valence-electron chi connectivity index (χ0n) is 20.4. The molecule has 2 aromatic heterocycles. The van der Waals surface area contributed by atoms with Gasteiger partial charge in [0.2, 0.25) is 0 Å². The number of piperazine rings is 1. The van der Waals surface area contributed by atoms with Crippen LogP contribution in [0.4, 0.5) is 17.6 Å². The molecule has 1 fully saturated rings. The van der Waals surface area contributed by atoms with Gasteiger partial charge in [-0.3, -0.25) is 4.90 Å². The maximum absolute atomic E-state index is 13.4. The van der Waals surface area contributed by atoms with Gasteiger partial charge in [0.15, 0.2) is 5.03 Å². The molecule has 200 valence electrons. The first kappa shape index (κ1) is 26.3. The van der Waals surface area contributed by atoms with Crippen LogP contribution in [-0.4, -0.2) is 64.7 Å². The van der Waals surface area contributed by atoms with Crippen molar-refractivity contribution < 1.29 is 26.0 Å². The molecule has 2 aromatic carbocycles. The van der Waals surface area contributed by atoms with Gasteiger partial charge in [0.25, 0.3) is 10.0 Å². The predicted octanol–water partition coefficient (Wildman–Crippen LogP) is 4.87. The van der Waals surface area contributed by atoms with Gasteiger partial charge in [-0.05, 0) is 66.6 Å². The third-order valence-electron chi connectivity index (χ3n) is 6.76. The van der Waals surface area contributed by atoms with E-state index in [1.54, 1.807) is 40.0 Å². The normalized spacial score (nSPS) is 17.8. The Morgan fingerprint density at radius 3 is 2.50 bits per heavy atom. The average Bonchev–Trinajstić information content (AvgIpc) is 3.30. The van der Waals surface area contributed by atoms with Gasteiger partial charge in [-0.2, -0.15) is 22.6 Å². The van der Waals surface area contributed by atoms with Crippen molar-refractivity contribution in [3.63, 3.8) is 0 Å². The van der Waals surface area contributed by atoms with Gasteiger partial charge < -0.3 is 0 Å². The SMILES string of the molecule is Cc1cc2c(cnn2-c2ccc(F)cc2)cc1[C@@H]1CN(S(=O)(=O)c2ccccn2)CCN1CCC(F)(F)F. The van der Waals surface area contributed by atoms with E-state index in [1.165, 1.54) is 28.7 Å². The molecule has 0 unspecified atom stereocenters. The molecule has 0 saturated carbocycles. The molecule has 3 heterocycles. The fraction of sp³-hybridized carbons (Fsp3) is 0.308. The number of fused-ring (bicyclic) bond motifs is 1. The molecule has 38 heavy (non-hydrogen) atoms. The second-order valence-electron chi connectivity index (χ2n) is 9.25. The maximum atomic E-state index is 13.4. The molecule has 0 radical (unpaired) electrons. The number of alkyl halides is 3. The van der Waals surface area contributed by atoms with Gasteiger partial charge in [-0.25, -0.2) is 22.5 Å². The number of sulfonamides is 1. The van der Waals surface area contributed by atoms with Gasteiger partial charge in [0, 0.05) is 43.8 Å². The minimum Gasteiger partial charge on any atom is -0.293 e. The molecule has 0 N–H and O–H groups in total. The summed E-state index contributed by atoms with van der Waals surface area (Å²) in [6, 6.07) is 13.6. The van der Waals surface area contributed by atoms with Crippen LogP contribution in [-0.2, 0) is 10.0 Å². The van der Waals surface area contributed by atoms with E-state index in [4.69, 9.17) is 0 Å². The molecule has 1 saturated heterocycles. The highest BCUT2D eigenvalue weighted by atomic mass is 32.2. The number of hydrogen-bond donors (Lipinski definition) is 0. The lowest BCUT2D eigenvalue weighted by atomic mass is 9.96. The lowest BCUT2D eigenvalue weighted by Crippen LogP contribution is -2.51. The Kier molecular flexibility index (Phi) is 6.97. The number of nitrogens with zero attached hydrogens (tertiary/aromatic N) is 5. The summed E-state index contributed by atoms with van der Waals surface area (Å²) >= 11 is 0. The monoisotopic (exact) mass is 547 g/mol. The van der Waals surface area contributed by atoms with Crippen molar-refractivity contribution in [1.82, 2.24) is 24.0 Å². The van der Waals surface area contributed by atoms with Gasteiger partial charge in [0.05, 0.1) is 23.8 Å². The van der Waals surface area contributed by atoms with Crippen LogP contribution in [0.1, 0.15) is 23.6 Å². The Morgan fingerprint density at radius 2 is 1.82 bits per heavy atom. The van der Waals surface area contributed by atoms with Crippen LogP contribution in [0.5, 0.6) is 0 Å². The molecule has 4 aromatic rings. The summed E-state index contributed by atoms with van der Waals surface area (Å²) in [5.41, 5.74) is 2.90. The van der Waals surface area contributed by atoms with E-state index in [0.717, 1.165) is 22.0 Å².